The van der Waals surface area contributed by atoms with Crippen molar-refractivity contribution < 1.29 is 8.78 Å². The van der Waals surface area contributed by atoms with E-state index in [0.29, 0.717) is 17.3 Å². The molecular weight excluding hydrogens is 264 g/mol. The molecule has 2 N–H and O–H groups in total. The van der Waals surface area contributed by atoms with E-state index < -0.39 is 11.6 Å². The molecule has 7 heteroatoms. The quantitative estimate of drug-likeness (QED) is 0.873. The number of aromatic nitrogens is 4. The van der Waals surface area contributed by atoms with Gasteiger partial charge in [-0.2, -0.15) is 0 Å². The number of benzene rings is 1. The van der Waals surface area contributed by atoms with Crippen LogP contribution in [0.5, 0.6) is 0 Å². The van der Waals surface area contributed by atoms with Crippen molar-refractivity contribution in [1.82, 2.24) is 20.2 Å². The summed E-state index contributed by atoms with van der Waals surface area (Å²) in [7, 11) is 0. The first-order chi connectivity index (χ1) is 9.61. The highest BCUT2D eigenvalue weighted by atomic mass is 19.2. The van der Waals surface area contributed by atoms with Gasteiger partial charge in [0.2, 0.25) is 0 Å². The van der Waals surface area contributed by atoms with Crippen LogP contribution in [0.3, 0.4) is 0 Å². The Hall–Kier alpha value is -2.05. The number of hydrogen-bond acceptors (Lipinski definition) is 4. The molecule has 1 aromatic heterocycles. The van der Waals surface area contributed by atoms with Crippen LogP contribution in [-0.4, -0.2) is 20.2 Å². The van der Waals surface area contributed by atoms with Gasteiger partial charge in [-0.1, -0.05) is 13.3 Å². The van der Waals surface area contributed by atoms with E-state index in [4.69, 9.17) is 5.73 Å². The Kier molecular flexibility index (Phi) is 3.11. The maximum atomic E-state index is 13.4. The number of halogens is 2. The molecule has 3 rings (SSSR count). The number of nitrogens with two attached hydrogens (primary N) is 1. The predicted molar refractivity (Wildman–Crippen MR) is 69.6 cm³/mol. The molecule has 0 spiro atoms. The first-order valence-electron chi connectivity index (χ1n) is 6.64. The van der Waals surface area contributed by atoms with Gasteiger partial charge in [-0.25, -0.2) is 13.5 Å². The normalized spacial score (nSPS) is 21.1. The molecule has 2 aromatic rings. The second-order valence-electron chi connectivity index (χ2n) is 5.15. The molecule has 1 aromatic carbocycles. The van der Waals surface area contributed by atoms with E-state index in [0.717, 1.165) is 31.4 Å². The van der Waals surface area contributed by atoms with Crippen LogP contribution < -0.4 is 5.73 Å². The van der Waals surface area contributed by atoms with Gasteiger partial charge in [-0.15, -0.1) is 5.10 Å². The van der Waals surface area contributed by atoms with Crippen LogP contribution in [0.1, 0.15) is 32.2 Å². The molecule has 0 aliphatic heterocycles. The number of rotatable bonds is 4. The Morgan fingerprint density at radius 2 is 2.10 bits per heavy atom. The number of nitrogen functional groups attached to an aromatic ring is 1. The molecule has 20 heavy (non-hydrogen) atoms. The molecule has 1 fully saturated rings. The van der Waals surface area contributed by atoms with Crippen molar-refractivity contribution in [3.8, 4) is 11.4 Å². The second kappa shape index (κ2) is 4.81. The summed E-state index contributed by atoms with van der Waals surface area (Å²) in [4.78, 5) is 0. The maximum absolute atomic E-state index is 13.4. The monoisotopic (exact) mass is 279 g/mol. The van der Waals surface area contributed by atoms with Crippen LogP contribution in [0.2, 0.25) is 0 Å². The van der Waals surface area contributed by atoms with Gasteiger partial charge in [0, 0.05) is 17.3 Å². The molecule has 5 nitrogen and oxygen atoms in total. The van der Waals surface area contributed by atoms with E-state index in [-0.39, 0.29) is 11.7 Å². The molecule has 2 unspecified atom stereocenters. The van der Waals surface area contributed by atoms with Gasteiger partial charge >= 0.3 is 0 Å². The minimum Gasteiger partial charge on any atom is -0.398 e. The molecule has 0 saturated heterocycles. The lowest BCUT2D eigenvalue weighted by Crippen LogP contribution is -2.04. The minimum atomic E-state index is -0.972. The molecular formula is C13H15F2N5. The standard InChI is InChI=1S/C13H15F2N5/c1-2-3-7-4-12(7)20-13(17-18-19-20)8-5-9(14)10(15)6-11(8)16/h5-7,12H,2-4,16H2,1H3. The summed E-state index contributed by atoms with van der Waals surface area (Å²) >= 11 is 0. The van der Waals surface area contributed by atoms with Crippen LogP contribution >= 0.6 is 0 Å². The highest BCUT2D eigenvalue weighted by Gasteiger charge is 2.40. The molecule has 1 heterocycles. The van der Waals surface area contributed by atoms with Crippen molar-refractivity contribution in [3.63, 3.8) is 0 Å². The van der Waals surface area contributed by atoms with Gasteiger partial charge in [-0.3, -0.25) is 0 Å². The Bertz CT molecular complexity index is 640. The highest BCUT2D eigenvalue weighted by Crippen LogP contribution is 2.47. The van der Waals surface area contributed by atoms with Crippen molar-refractivity contribution >= 4 is 5.69 Å². The van der Waals surface area contributed by atoms with E-state index in [2.05, 4.69) is 22.4 Å². The third-order valence-corrected chi connectivity index (χ3v) is 3.69. The van der Waals surface area contributed by atoms with E-state index in [1.807, 2.05) is 0 Å². The summed E-state index contributed by atoms with van der Waals surface area (Å²) in [5.74, 6) is -0.982. The zero-order valence-electron chi connectivity index (χ0n) is 11.1. The van der Waals surface area contributed by atoms with E-state index in [9.17, 15) is 8.78 Å². The number of nitrogens with zero attached hydrogens (tertiary/aromatic N) is 4. The van der Waals surface area contributed by atoms with Crippen molar-refractivity contribution in [3.05, 3.63) is 23.8 Å². The Morgan fingerprint density at radius 1 is 1.35 bits per heavy atom. The minimum absolute atomic E-state index is 0.132. The van der Waals surface area contributed by atoms with Gasteiger partial charge in [-0.05, 0) is 35.3 Å². The Morgan fingerprint density at radius 3 is 2.85 bits per heavy atom. The molecule has 106 valence electrons. The summed E-state index contributed by atoms with van der Waals surface area (Å²) < 4.78 is 28.2. The molecule has 1 saturated carbocycles. The first-order valence-corrected chi connectivity index (χ1v) is 6.64. The largest absolute Gasteiger partial charge is 0.398 e. The SMILES string of the molecule is CCCC1CC1n1nnnc1-c1cc(F)c(F)cc1N. The molecule has 1 aliphatic carbocycles. The maximum Gasteiger partial charge on any atom is 0.184 e. The van der Waals surface area contributed by atoms with Crippen LogP contribution in [-0.2, 0) is 0 Å². The van der Waals surface area contributed by atoms with Crippen molar-refractivity contribution in [2.24, 2.45) is 5.92 Å². The Labute approximate surface area is 114 Å². The lowest BCUT2D eigenvalue weighted by atomic mass is 10.1. The van der Waals surface area contributed by atoms with Crippen molar-refractivity contribution in [1.29, 1.82) is 0 Å². The highest BCUT2D eigenvalue weighted by molar-refractivity contribution is 5.71. The fourth-order valence-electron chi connectivity index (χ4n) is 2.56. The lowest BCUT2D eigenvalue weighted by Gasteiger charge is -2.07. The van der Waals surface area contributed by atoms with Crippen LogP contribution in [0.4, 0.5) is 14.5 Å². The van der Waals surface area contributed by atoms with Gasteiger partial charge in [0.15, 0.2) is 17.5 Å². The number of tetrazole rings is 1. The van der Waals surface area contributed by atoms with Crippen molar-refractivity contribution in [2.45, 2.75) is 32.2 Å². The smallest absolute Gasteiger partial charge is 0.184 e. The van der Waals surface area contributed by atoms with Gasteiger partial charge in [0.05, 0.1) is 6.04 Å². The third-order valence-electron chi connectivity index (χ3n) is 3.69. The lowest BCUT2D eigenvalue weighted by molar-refractivity contribution is 0.509. The summed E-state index contributed by atoms with van der Waals surface area (Å²) in [5.41, 5.74) is 6.21. The Balaban J connectivity index is 1.96. The fourth-order valence-corrected chi connectivity index (χ4v) is 2.56. The topological polar surface area (TPSA) is 69.6 Å². The van der Waals surface area contributed by atoms with E-state index in [1.54, 1.807) is 4.68 Å². The average molecular weight is 279 g/mol. The molecule has 0 amide bonds. The summed E-state index contributed by atoms with van der Waals surface area (Å²) in [6.45, 7) is 2.13. The predicted octanol–water partition coefficient (Wildman–Crippen LogP) is 2.56. The average Bonchev–Trinajstić information content (AvgIpc) is 3.00. The number of anilines is 1. The van der Waals surface area contributed by atoms with Crippen LogP contribution in [0, 0.1) is 17.6 Å². The molecule has 0 radical (unpaired) electrons. The van der Waals surface area contributed by atoms with Crippen molar-refractivity contribution in [2.75, 3.05) is 5.73 Å². The second-order valence-corrected chi connectivity index (χ2v) is 5.15. The van der Waals surface area contributed by atoms with Gasteiger partial charge in [0.25, 0.3) is 0 Å². The zero-order chi connectivity index (χ0) is 14.3. The first kappa shape index (κ1) is 13.0. The van der Waals surface area contributed by atoms with E-state index >= 15 is 0 Å². The van der Waals surface area contributed by atoms with Gasteiger partial charge < -0.3 is 5.73 Å². The summed E-state index contributed by atoms with van der Waals surface area (Å²) in [5, 5.41) is 11.5. The molecule has 1 aliphatic rings. The van der Waals surface area contributed by atoms with Gasteiger partial charge in [0.1, 0.15) is 0 Å². The van der Waals surface area contributed by atoms with E-state index in [1.165, 1.54) is 0 Å². The van der Waals surface area contributed by atoms with Crippen LogP contribution in [0.25, 0.3) is 11.4 Å². The fraction of sp³-hybridized carbons (Fsp3) is 0.462. The summed E-state index contributed by atoms with van der Waals surface area (Å²) in [6.07, 6.45) is 3.22. The molecule has 0 bridgehead atoms. The molecule has 2 atom stereocenters. The zero-order valence-corrected chi connectivity index (χ0v) is 11.1. The van der Waals surface area contributed by atoms with Crippen LogP contribution in [0.15, 0.2) is 12.1 Å². The third kappa shape index (κ3) is 2.13. The summed E-state index contributed by atoms with van der Waals surface area (Å²) in [6, 6.07) is 2.23. The number of hydrogen-bond donors (Lipinski definition) is 1.